The van der Waals surface area contributed by atoms with Gasteiger partial charge >= 0.3 is 12.2 Å². The summed E-state index contributed by atoms with van der Waals surface area (Å²) in [6, 6.07) is 12.8. The van der Waals surface area contributed by atoms with Crippen LogP contribution in [0, 0.1) is 0 Å². The van der Waals surface area contributed by atoms with Crippen molar-refractivity contribution in [2.24, 2.45) is 0 Å². The highest BCUT2D eigenvalue weighted by Crippen LogP contribution is 2.33. The number of rotatable bonds is 5. The predicted octanol–water partition coefficient (Wildman–Crippen LogP) is 6.31. The van der Waals surface area contributed by atoms with Crippen molar-refractivity contribution in [1.29, 1.82) is 0 Å². The molecular formula is C23H17ClF3N5O. The molecule has 0 spiro atoms. The first-order valence-electron chi connectivity index (χ1n) is 9.75. The van der Waals surface area contributed by atoms with Crippen LogP contribution in [0.25, 0.3) is 11.4 Å². The lowest BCUT2D eigenvalue weighted by Gasteiger charge is -2.13. The molecule has 0 saturated carbocycles. The van der Waals surface area contributed by atoms with Gasteiger partial charge in [0, 0.05) is 42.6 Å². The molecule has 168 valence electrons. The fourth-order valence-electron chi connectivity index (χ4n) is 3.22. The van der Waals surface area contributed by atoms with Crippen LogP contribution in [0.15, 0.2) is 79.4 Å². The fourth-order valence-corrected chi connectivity index (χ4v) is 3.39. The van der Waals surface area contributed by atoms with Crippen LogP contribution in [0.4, 0.5) is 29.3 Å². The van der Waals surface area contributed by atoms with Gasteiger partial charge in [-0.15, -0.1) is 0 Å². The minimum Gasteiger partial charge on any atom is -0.327 e. The Morgan fingerprint density at radius 1 is 1.00 bits per heavy atom. The van der Waals surface area contributed by atoms with Gasteiger partial charge < -0.3 is 15.2 Å². The maximum atomic E-state index is 12.9. The van der Waals surface area contributed by atoms with E-state index in [4.69, 9.17) is 11.6 Å². The second-order valence-electron chi connectivity index (χ2n) is 7.09. The Kier molecular flexibility index (Phi) is 6.32. The van der Waals surface area contributed by atoms with Crippen LogP contribution in [0.2, 0.25) is 5.02 Å². The van der Waals surface area contributed by atoms with Crippen LogP contribution in [-0.4, -0.2) is 20.6 Å². The minimum atomic E-state index is -4.55. The number of nitrogens with zero attached hydrogens (tertiary/aromatic N) is 3. The van der Waals surface area contributed by atoms with Crippen LogP contribution in [0.5, 0.6) is 0 Å². The number of hydrogen-bond donors (Lipinski definition) is 2. The quantitative estimate of drug-likeness (QED) is 0.358. The molecule has 10 heteroatoms. The number of urea groups is 1. The molecule has 0 fully saturated rings. The number of carbonyl (C=O) groups excluding carboxylic acids is 1. The molecule has 4 rings (SSSR count). The normalized spacial score (nSPS) is 11.3. The molecule has 2 heterocycles. The Hall–Kier alpha value is -3.85. The molecule has 4 aromatic rings. The lowest BCUT2D eigenvalue weighted by atomic mass is 10.2. The zero-order chi connectivity index (χ0) is 23.4. The first kappa shape index (κ1) is 22.3. The average molecular weight is 472 g/mol. The van der Waals surface area contributed by atoms with Crippen molar-refractivity contribution in [2.45, 2.75) is 12.7 Å². The van der Waals surface area contributed by atoms with Crippen molar-refractivity contribution in [2.75, 3.05) is 10.6 Å². The van der Waals surface area contributed by atoms with Crippen LogP contribution in [-0.2, 0) is 12.7 Å². The van der Waals surface area contributed by atoms with Crippen LogP contribution in [0.3, 0.4) is 0 Å². The van der Waals surface area contributed by atoms with Gasteiger partial charge in [0.15, 0.2) is 0 Å². The highest BCUT2D eigenvalue weighted by molar-refractivity contribution is 6.33. The third kappa shape index (κ3) is 5.50. The van der Waals surface area contributed by atoms with Crippen molar-refractivity contribution < 1.29 is 18.0 Å². The summed E-state index contributed by atoms with van der Waals surface area (Å²) in [7, 11) is 0. The maximum Gasteiger partial charge on any atom is 0.416 e. The number of nitrogens with one attached hydrogen (secondary N) is 2. The number of aromatic nitrogens is 3. The first-order valence-corrected chi connectivity index (χ1v) is 10.1. The van der Waals surface area contributed by atoms with E-state index < -0.39 is 17.8 Å². The van der Waals surface area contributed by atoms with Crippen molar-refractivity contribution in [1.82, 2.24) is 14.5 Å². The molecule has 0 saturated heterocycles. The summed E-state index contributed by atoms with van der Waals surface area (Å²) in [5.74, 6) is 0.771. The summed E-state index contributed by atoms with van der Waals surface area (Å²) >= 11 is 5.94. The molecule has 0 radical (unpaired) electrons. The number of hydrogen-bond acceptors (Lipinski definition) is 3. The number of carbonyl (C=O) groups is 1. The molecule has 0 bridgehead atoms. The zero-order valence-corrected chi connectivity index (χ0v) is 17.7. The van der Waals surface area contributed by atoms with Gasteiger partial charge in [-0.25, -0.2) is 9.78 Å². The Morgan fingerprint density at radius 2 is 1.79 bits per heavy atom. The molecule has 2 aromatic carbocycles. The fraction of sp³-hybridized carbons (Fsp3) is 0.0870. The van der Waals surface area contributed by atoms with Gasteiger partial charge in [0.2, 0.25) is 0 Å². The molecule has 0 aliphatic heterocycles. The molecule has 33 heavy (non-hydrogen) atoms. The summed E-state index contributed by atoms with van der Waals surface area (Å²) < 4.78 is 40.8. The molecule has 0 aliphatic rings. The van der Waals surface area contributed by atoms with Gasteiger partial charge in [0.05, 0.1) is 16.3 Å². The number of anilines is 2. The Bertz CT molecular complexity index is 1270. The number of halogens is 4. The monoisotopic (exact) mass is 471 g/mol. The summed E-state index contributed by atoms with van der Waals surface area (Å²) in [6.45, 7) is 0.494. The van der Waals surface area contributed by atoms with E-state index in [1.54, 1.807) is 36.8 Å². The number of pyridine rings is 1. The largest absolute Gasteiger partial charge is 0.416 e. The van der Waals surface area contributed by atoms with Crippen molar-refractivity contribution in [3.05, 3.63) is 95.5 Å². The van der Waals surface area contributed by atoms with Crippen molar-refractivity contribution in [3.8, 4) is 11.4 Å². The van der Waals surface area contributed by atoms with Crippen LogP contribution < -0.4 is 10.6 Å². The molecule has 0 aliphatic carbocycles. The second kappa shape index (κ2) is 9.33. The number of amides is 2. The molecule has 0 atom stereocenters. The Morgan fingerprint density at radius 3 is 2.55 bits per heavy atom. The van der Waals surface area contributed by atoms with Gasteiger partial charge in [0.25, 0.3) is 0 Å². The second-order valence-corrected chi connectivity index (χ2v) is 7.49. The highest BCUT2D eigenvalue weighted by atomic mass is 35.5. The topological polar surface area (TPSA) is 71.8 Å². The van der Waals surface area contributed by atoms with E-state index in [1.807, 2.05) is 29.0 Å². The van der Waals surface area contributed by atoms with Crippen LogP contribution in [0.1, 0.15) is 11.1 Å². The lowest BCUT2D eigenvalue weighted by molar-refractivity contribution is -0.137. The van der Waals surface area contributed by atoms with Gasteiger partial charge in [-0.05, 0) is 48.0 Å². The van der Waals surface area contributed by atoms with Crippen molar-refractivity contribution >= 4 is 29.0 Å². The van der Waals surface area contributed by atoms with E-state index in [2.05, 4.69) is 20.6 Å². The van der Waals surface area contributed by atoms with Gasteiger partial charge in [-0.3, -0.25) is 4.98 Å². The molecular weight excluding hydrogens is 455 g/mol. The molecule has 2 aromatic heterocycles. The lowest BCUT2D eigenvalue weighted by Crippen LogP contribution is -2.20. The van der Waals surface area contributed by atoms with Crippen molar-refractivity contribution in [3.63, 3.8) is 0 Å². The summed E-state index contributed by atoms with van der Waals surface area (Å²) in [4.78, 5) is 20.8. The molecule has 0 unspecified atom stereocenters. The number of alkyl halides is 3. The van der Waals surface area contributed by atoms with E-state index in [0.717, 1.165) is 35.2 Å². The Balaban J connectivity index is 1.47. The maximum absolute atomic E-state index is 12.9. The smallest absolute Gasteiger partial charge is 0.327 e. The van der Waals surface area contributed by atoms with Crippen LogP contribution >= 0.6 is 11.6 Å². The van der Waals surface area contributed by atoms with Gasteiger partial charge in [-0.2, -0.15) is 13.2 Å². The van der Waals surface area contributed by atoms with E-state index in [-0.39, 0.29) is 10.7 Å². The first-order chi connectivity index (χ1) is 15.8. The third-order valence-electron chi connectivity index (χ3n) is 4.73. The summed E-state index contributed by atoms with van der Waals surface area (Å²) in [6.07, 6.45) is 2.37. The summed E-state index contributed by atoms with van der Waals surface area (Å²) in [5.41, 5.74) is 1.23. The summed E-state index contributed by atoms with van der Waals surface area (Å²) in [5, 5.41) is 4.98. The number of benzene rings is 2. The number of imidazole rings is 1. The van der Waals surface area contributed by atoms with Gasteiger partial charge in [-0.1, -0.05) is 23.7 Å². The SMILES string of the molecule is O=C(Nc1cccc(Cn2ccnc2-c2ccncc2)c1)Nc1cc(C(F)(F)F)ccc1Cl. The van der Waals surface area contributed by atoms with E-state index >= 15 is 0 Å². The minimum absolute atomic E-state index is 0.00403. The third-order valence-corrected chi connectivity index (χ3v) is 5.06. The van der Waals surface area contributed by atoms with E-state index in [1.165, 1.54) is 0 Å². The standard InChI is InChI=1S/C23H17ClF3N5O/c24-19-5-4-17(23(25,26)27)13-20(19)31-22(33)30-18-3-1-2-15(12-18)14-32-11-10-29-21(32)16-6-8-28-9-7-16/h1-13H,14H2,(H2,30,31,33). The highest BCUT2D eigenvalue weighted by Gasteiger charge is 2.31. The van der Waals surface area contributed by atoms with Gasteiger partial charge in [0.1, 0.15) is 5.82 Å². The Labute approximate surface area is 192 Å². The zero-order valence-electron chi connectivity index (χ0n) is 17.0. The predicted molar refractivity (Wildman–Crippen MR) is 120 cm³/mol. The average Bonchev–Trinajstić information content (AvgIpc) is 3.23. The molecule has 2 amide bonds. The molecule has 6 nitrogen and oxygen atoms in total. The van der Waals surface area contributed by atoms with E-state index in [0.29, 0.717) is 12.2 Å². The molecule has 2 N–H and O–H groups in total. The van der Waals surface area contributed by atoms with E-state index in [9.17, 15) is 18.0 Å².